The number of carbonyl (C=O) groups excluding carboxylic acids is 1. The molecule has 9 nitrogen and oxygen atoms in total. The third-order valence-corrected chi connectivity index (χ3v) is 7.60. The summed E-state index contributed by atoms with van der Waals surface area (Å²) in [7, 11) is 0. The van der Waals surface area contributed by atoms with Crippen LogP contribution in [0.4, 0.5) is 0 Å². The molecule has 2 aromatic heterocycles. The van der Waals surface area contributed by atoms with Gasteiger partial charge in [0.25, 0.3) is 5.56 Å². The summed E-state index contributed by atoms with van der Waals surface area (Å²) in [6, 6.07) is 13.4. The minimum absolute atomic E-state index is 0.0919. The first-order valence-corrected chi connectivity index (χ1v) is 12.6. The Morgan fingerprint density at radius 3 is 2.66 bits per heavy atom. The lowest BCUT2D eigenvalue weighted by atomic mass is 9.86. The highest BCUT2D eigenvalue weighted by Crippen LogP contribution is 2.48. The van der Waals surface area contributed by atoms with Gasteiger partial charge in [0.1, 0.15) is 12.4 Å². The predicted molar refractivity (Wildman–Crippen MR) is 137 cm³/mol. The van der Waals surface area contributed by atoms with Crippen LogP contribution in [0.3, 0.4) is 0 Å². The maximum absolute atomic E-state index is 13.5. The van der Waals surface area contributed by atoms with Gasteiger partial charge in [0.15, 0.2) is 17.1 Å². The van der Waals surface area contributed by atoms with Gasteiger partial charge in [0.2, 0.25) is 6.79 Å². The Morgan fingerprint density at radius 1 is 1.08 bits per heavy atom. The van der Waals surface area contributed by atoms with Crippen LogP contribution in [0.25, 0.3) is 33.4 Å². The number of hydrogen-bond donors (Lipinski definition) is 1. The predicted octanol–water partition coefficient (Wildman–Crippen LogP) is 3.87. The maximum atomic E-state index is 13.5. The molecule has 0 saturated heterocycles. The molecule has 1 N–H and O–H groups in total. The highest BCUT2D eigenvalue weighted by atomic mass is 16.7. The molecule has 0 saturated carbocycles. The van der Waals surface area contributed by atoms with Gasteiger partial charge in [-0.15, -0.1) is 0 Å². The SMILES string of the molecule is CCOc1ccc(-c2c3c(cc4nc5c(cc24)Cn2c-5cc4c(c2=O)COC(=O)[C@]4(O)CC)OCO3)cc1. The number of hydrogen-bond acceptors (Lipinski definition) is 8. The topological polar surface area (TPSA) is 109 Å². The van der Waals surface area contributed by atoms with E-state index in [0.717, 1.165) is 27.8 Å². The molecule has 0 bridgehead atoms. The van der Waals surface area contributed by atoms with E-state index in [9.17, 15) is 14.7 Å². The smallest absolute Gasteiger partial charge is 0.343 e. The molecule has 3 aliphatic heterocycles. The van der Waals surface area contributed by atoms with Crippen LogP contribution >= 0.6 is 0 Å². The fourth-order valence-electron chi connectivity index (χ4n) is 5.65. The second-order valence-electron chi connectivity index (χ2n) is 9.61. The van der Waals surface area contributed by atoms with Crippen molar-refractivity contribution >= 4 is 16.9 Å². The number of aromatic nitrogens is 2. The molecular formula is C29H24N2O7. The molecule has 0 fully saturated rings. The van der Waals surface area contributed by atoms with Crippen molar-refractivity contribution in [2.24, 2.45) is 0 Å². The van der Waals surface area contributed by atoms with Gasteiger partial charge in [0, 0.05) is 28.1 Å². The summed E-state index contributed by atoms with van der Waals surface area (Å²) < 4.78 is 24.0. The van der Waals surface area contributed by atoms with Gasteiger partial charge in [-0.1, -0.05) is 19.1 Å². The lowest BCUT2D eigenvalue weighted by Gasteiger charge is -2.31. The Hall–Kier alpha value is -4.37. The Labute approximate surface area is 217 Å². The zero-order valence-electron chi connectivity index (χ0n) is 20.9. The number of fused-ring (bicyclic) bond motifs is 6. The quantitative estimate of drug-likeness (QED) is 0.362. The summed E-state index contributed by atoms with van der Waals surface area (Å²) in [6.45, 7) is 4.48. The third-order valence-electron chi connectivity index (χ3n) is 7.60. The van der Waals surface area contributed by atoms with Crippen molar-refractivity contribution in [3.8, 4) is 39.8 Å². The molecule has 0 unspecified atom stereocenters. The monoisotopic (exact) mass is 512 g/mol. The lowest BCUT2D eigenvalue weighted by Crippen LogP contribution is -2.44. The molecule has 3 aliphatic rings. The number of ether oxygens (including phenoxy) is 4. The minimum Gasteiger partial charge on any atom is -0.494 e. The van der Waals surface area contributed by atoms with E-state index >= 15 is 0 Å². The van der Waals surface area contributed by atoms with E-state index in [1.54, 1.807) is 17.6 Å². The highest BCUT2D eigenvalue weighted by molar-refractivity contribution is 6.02. The van der Waals surface area contributed by atoms with Gasteiger partial charge in [-0.3, -0.25) is 4.79 Å². The number of rotatable bonds is 4. The Kier molecular flexibility index (Phi) is 4.84. The zero-order valence-corrected chi connectivity index (χ0v) is 20.9. The van der Waals surface area contributed by atoms with E-state index in [2.05, 4.69) is 0 Å². The van der Waals surface area contributed by atoms with E-state index < -0.39 is 11.6 Å². The van der Waals surface area contributed by atoms with Crippen molar-refractivity contribution < 1.29 is 28.8 Å². The van der Waals surface area contributed by atoms with Crippen LogP contribution in [-0.2, 0) is 28.3 Å². The molecule has 9 heteroatoms. The number of nitrogens with zero attached hydrogens (tertiary/aromatic N) is 2. The maximum Gasteiger partial charge on any atom is 0.343 e. The number of cyclic esters (lactones) is 1. The fourth-order valence-corrected chi connectivity index (χ4v) is 5.65. The van der Waals surface area contributed by atoms with Crippen molar-refractivity contribution in [2.75, 3.05) is 13.4 Å². The molecule has 192 valence electrons. The van der Waals surface area contributed by atoms with E-state index in [4.69, 9.17) is 23.9 Å². The summed E-state index contributed by atoms with van der Waals surface area (Å²) in [4.78, 5) is 30.9. The fraction of sp³-hybridized carbons (Fsp3) is 0.276. The number of aliphatic hydroxyl groups is 1. The summed E-state index contributed by atoms with van der Waals surface area (Å²) in [5, 5.41) is 12.0. The van der Waals surface area contributed by atoms with Gasteiger partial charge in [-0.2, -0.15) is 0 Å². The van der Waals surface area contributed by atoms with Crippen LogP contribution in [0.5, 0.6) is 17.2 Å². The van der Waals surface area contributed by atoms with Crippen molar-refractivity contribution in [3.63, 3.8) is 0 Å². The van der Waals surface area contributed by atoms with E-state index in [-0.39, 0.29) is 25.4 Å². The standard InChI is InChI=1S/C29H24N2O7/c1-3-29(34)20-10-22-25-16(12-31(22)27(32)19(20)13-36-28(29)33)9-18-21(30-25)11-23-26(38-14-37-23)24(18)15-5-7-17(8-6-15)35-4-2/h5-11,34H,3-4,12-14H2,1-2H3/t29-/m0/s1. The molecule has 0 spiro atoms. The first-order chi connectivity index (χ1) is 18.4. The molecule has 0 radical (unpaired) electrons. The molecule has 38 heavy (non-hydrogen) atoms. The van der Waals surface area contributed by atoms with Crippen molar-refractivity contribution in [3.05, 3.63) is 69.5 Å². The Morgan fingerprint density at radius 2 is 1.89 bits per heavy atom. The number of pyridine rings is 2. The largest absolute Gasteiger partial charge is 0.494 e. The molecule has 0 aliphatic carbocycles. The molecule has 7 rings (SSSR count). The van der Waals surface area contributed by atoms with Crippen molar-refractivity contribution in [1.82, 2.24) is 9.55 Å². The average molecular weight is 513 g/mol. The van der Waals surface area contributed by atoms with Gasteiger partial charge < -0.3 is 28.6 Å². The van der Waals surface area contributed by atoms with Crippen molar-refractivity contribution in [1.29, 1.82) is 0 Å². The minimum atomic E-state index is -1.87. The van der Waals surface area contributed by atoms with Crippen LogP contribution in [0.1, 0.15) is 37.0 Å². The van der Waals surface area contributed by atoms with E-state index in [1.807, 2.05) is 43.3 Å². The second-order valence-corrected chi connectivity index (χ2v) is 9.61. The molecule has 1 atom stereocenters. The Bertz CT molecular complexity index is 1720. The summed E-state index contributed by atoms with van der Waals surface area (Å²) >= 11 is 0. The third kappa shape index (κ3) is 3.05. The van der Waals surface area contributed by atoms with Crippen LogP contribution in [-0.4, -0.2) is 34.0 Å². The van der Waals surface area contributed by atoms with Crippen LogP contribution in [0.2, 0.25) is 0 Å². The number of esters is 1. The van der Waals surface area contributed by atoms with E-state index in [1.165, 1.54) is 0 Å². The molecule has 5 heterocycles. The summed E-state index contributed by atoms with van der Waals surface area (Å²) in [5.41, 5.74) is 2.95. The van der Waals surface area contributed by atoms with Gasteiger partial charge in [0.05, 0.1) is 35.6 Å². The van der Waals surface area contributed by atoms with Crippen LogP contribution in [0, 0.1) is 0 Å². The van der Waals surface area contributed by atoms with E-state index in [0.29, 0.717) is 52.7 Å². The van der Waals surface area contributed by atoms with Gasteiger partial charge >= 0.3 is 5.97 Å². The van der Waals surface area contributed by atoms with Crippen LogP contribution in [0.15, 0.2) is 47.3 Å². The average Bonchev–Trinajstić information content (AvgIpc) is 3.54. The second kappa shape index (κ2) is 8.06. The lowest BCUT2D eigenvalue weighted by molar-refractivity contribution is -0.172. The normalized spacial score (nSPS) is 18.7. The summed E-state index contributed by atoms with van der Waals surface area (Å²) in [6.07, 6.45) is 0.0919. The summed E-state index contributed by atoms with van der Waals surface area (Å²) in [5.74, 6) is 1.28. The first kappa shape index (κ1) is 22.8. The first-order valence-electron chi connectivity index (χ1n) is 12.6. The van der Waals surface area contributed by atoms with Gasteiger partial charge in [-0.25, -0.2) is 9.78 Å². The number of carbonyl (C=O) groups is 1. The Balaban J connectivity index is 1.44. The highest BCUT2D eigenvalue weighted by Gasteiger charge is 2.45. The molecular weight excluding hydrogens is 488 g/mol. The van der Waals surface area contributed by atoms with Crippen LogP contribution < -0.4 is 19.8 Å². The zero-order chi connectivity index (χ0) is 26.2. The van der Waals surface area contributed by atoms with Gasteiger partial charge in [-0.05, 0) is 43.2 Å². The molecule has 2 aromatic carbocycles. The molecule has 4 aromatic rings. The number of benzene rings is 2. The van der Waals surface area contributed by atoms with Crippen molar-refractivity contribution in [2.45, 2.75) is 39.0 Å². The molecule has 0 amide bonds.